The Bertz CT molecular complexity index is 3600. The van der Waals surface area contributed by atoms with Crippen LogP contribution in [-0.2, 0) is 11.8 Å². The zero-order valence-electron chi connectivity index (χ0n) is 33.5. The summed E-state index contributed by atoms with van der Waals surface area (Å²) in [6, 6.07) is 69.7. The molecule has 0 atom stereocenters. The van der Waals surface area contributed by atoms with Crippen molar-refractivity contribution in [2.75, 3.05) is 0 Å². The van der Waals surface area contributed by atoms with Gasteiger partial charge in [-0.05, 0) is 139 Å². The minimum Gasteiger partial charge on any atom is -0.456 e. The molecule has 2 aliphatic rings. The number of hydrogen-bond donors (Lipinski definition) is 0. The summed E-state index contributed by atoms with van der Waals surface area (Å²) < 4.78 is 8.83. The largest absolute Gasteiger partial charge is 0.456 e. The van der Waals surface area contributed by atoms with Gasteiger partial charge < -0.3 is 8.98 Å². The first kappa shape index (κ1) is 33.5. The Morgan fingerprint density at radius 1 is 0.417 bits per heavy atom. The van der Waals surface area contributed by atoms with Crippen LogP contribution in [0.3, 0.4) is 0 Å². The van der Waals surface area contributed by atoms with E-state index in [1.807, 2.05) is 6.07 Å². The second kappa shape index (κ2) is 12.3. The number of benzene rings is 9. The fourth-order valence-corrected chi connectivity index (χ4v) is 10.8. The lowest BCUT2D eigenvalue weighted by Crippen LogP contribution is -2.14. The molecular formula is C58H39NO. The van der Waals surface area contributed by atoms with E-state index in [9.17, 15) is 0 Å². The molecule has 0 fully saturated rings. The summed E-state index contributed by atoms with van der Waals surface area (Å²) in [5.41, 5.74) is 23.6. The summed E-state index contributed by atoms with van der Waals surface area (Å²) in [5, 5.41) is 4.88. The molecule has 2 heteroatoms. The third-order valence-electron chi connectivity index (χ3n) is 13.7. The van der Waals surface area contributed by atoms with Crippen LogP contribution in [0.15, 0.2) is 192 Å². The maximum absolute atomic E-state index is 6.37. The van der Waals surface area contributed by atoms with Crippen LogP contribution < -0.4 is 0 Å². The van der Waals surface area contributed by atoms with Gasteiger partial charge in [0.05, 0.1) is 11.0 Å². The standard InChI is InChI=1S/C58H39NO/c1-58(2)51-23-10-8-18-43(51)48-33-50-49-31-36(28-29-53(49)59(54(50)34-52(48)58)38-14-4-3-5-15-38)35-26-27-37-32-47-41(39-16-6-7-17-40(39)46(37)30-35)20-12-21-42(47)44-22-13-25-56-57(44)45-19-9-11-24-55(45)60-56/h3-31,33-34H,32H2,1-2H3. The maximum Gasteiger partial charge on any atom is 0.136 e. The topological polar surface area (TPSA) is 18.1 Å². The fraction of sp³-hybridized carbons (Fsp3) is 0.0690. The molecule has 0 amide bonds. The summed E-state index contributed by atoms with van der Waals surface area (Å²) >= 11 is 0. The zero-order chi connectivity index (χ0) is 39.7. The van der Waals surface area contributed by atoms with Gasteiger partial charge in [-0.1, -0.05) is 147 Å². The molecule has 2 nitrogen and oxygen atoms in total. The van der Waals surface area contributed by atoms with Crippen LogP contribution in [0.5, 0.6) is 0 Å². The molecule has 9 aromatic carbocycles. The summed E-state index contributed by atoms with van der Waals surface area (Å²) in [4.78, 5) is 0. The van der Waals surface area contributed by atoms with E-state index in [1.165, 1.54) is 111 Å². The van der Waals surface area contributed by atoms with E-state index in [2.05, 4.69) is 200 Å². The Kier molecular flexibility index (Phi) is 6.88. The first-order chi connectivity index (χ1) is 29.5. The predicted octanol–water partition coefficient (Wildman–Crippen LogP) is 15.6. The molecule has 0 saturated heterocycles. The van der Waals surface area contributed by atoms with Crippen molar-refractivity contribution < 1.29 is 4.42 Å². The molecule has 13 rings (SSSR count). The molecule has 11 aromatic rings. The van der Waals surface area contributed by atoms with E-state index in [4.69, 9.17) is 4.42 Å². The second-order valence-corrected chi connectivity index (χ2v) is 17.2. The summed E-state index contributed by atoms with van der Waals surface area (Å²) in [7, 11) is 0. The van der Waals surface area contributed by atoms with E-state index >= 15 is 0 Å². The molecule has 0 bridgehead atoms. The molecule has 60 heavy (non-hydrogen) atoms. The van der Waals surface area contributed by atoms with E-state index in [0.29, 0.717) is 0 Å². The highest BCUT2D eigenvalue weighted by atomic mass is 16.3. The number of para-hydroxylation sites is 2. The normalized spacial score (nSPS) is 13.6. The molecule has 282 valence electrons. The smallest absolute Gasteiger partial charge is 0.136 e. The van der Waals surface area contributed by atoms with Gasteiger partial charge in [0.1, 0.15) is 11.2 Å². The Hall–Kier alpha value is -7.42. The quantitative estimate of drug-likeness (QED) is 0.175. The molecule has 0 spiro atoms. The first-order valence-electron chi connectivity index (χ1n) is 21.0. The van der Waals surface area contributed by atoms with Gasteiger partial charge in [0.15, 0.2) is 0 Å². The summed E-state index contributed by atoms with van der Waals surface area (Å²) in [6.07, 6.45) is 0.828. The average Bonchev–Trinajstić information content (AvgIpc) is 3.87. The van der Waals surface area contributed by atoms with Crippen molar-refractivity contribution in [3.8, 4) is 61.3 Å². The Morgan fingerprint density at radius 2 is 1.05 bits per heavy atom. The minimum atomic E-state index is -0.0806. The summed E-state index contributed by atoms with van der Waals surface area (Å²) in [5.74, 6) is 0. The van der Waals surface area contributed by atoms with Crippen LogP contribution in [0, 0.1) is 0 Å². The van der Waals surface area contributed by atoms with E-state index in [-0.39, 0.29) is 5.41 Å². The van der Waals surface area contributed by atoms with Crippen LogP contribution in [-0.4, -0.2) is 4.57 Å². The number of nitrogens with zero attached hydrogens (tertiary/aromatic N) is 1. The molecule has 0 N–H and O–H groups in total. The number of hydrogen-bond acceptors (Lipinski definition) is 1. The van der Waals surface area contributed by atoms with Crippen LogP contribution in [0.4, 0.5) is 0 Å². The van der Waals surface area contributed by atoms with Gasteiger partial charge in [0.25, 0.3) is 0 Å². The molecule has 2 aliphatic carbocycles. The first-order valence-corrected chi connectivity index (χ1v) is 21.0. The van der Waals surface area contributed by atoms with Crippen molar-refractivity contribution in [3.63, 3.8) is 0 Å². The van der Waals surface area contributed by atoms with E-state index < -0.39 is 0 Å². The third kappa shape index (κ3) is 4.65. The predicted molar refractivity (Wildman–Crippen MR) is 250 cm³/mol. The molecule has 2 heterocycles. The molecule has 0 radical (unpaired) electrons. The highest BCUT2D eigenvalue weighted by Crippen LogP contribution is 2.52. The van der Waals surface area contributed by atoms with Gasteiger partial charge in [-0.3, -0.25) is 0 Å². The van der Waals surface area contributed by atoms with Crippen molar-refractivity contribution in [3.05, 3.63) is 210 Å². The van der Waals surface area contributed by atoms with Gasteiger partial charge >= 0.3 is 0 Å². The lowest BCUT2D eigenvalue weighted by atomic mass is 9.82. The molecular weight excluding hydrogens is 727 g/mol. The van der Waals surface area contributed by atoms with Crippen LogP contribution in [0.25, 0.3) is 105 Å². The van der Waals surface area contributed by atoms with E-state index in [0.717, 1.165) is 23.0 Å². The zero-order valence-corrected chi connectivity index (χ0v) is 33.5. The molecule has 2 aromatic heterocycles. The lowest BCUT2D eigenvalue weighted by Gasteiger charge is -2.21. The van der Waals surface area contributed by atoms with Crippen molar-refractivity contribution >= 4 is 43.7 Å². The van der Waals surface area contributed by atoms with Gasteiger partial charge in [0, 0.05) is 32.6 Å². The lowest BCUT2D eigenvalue weighted by molar-refractivity contribution is 0.661. The van der Waals surface area contributed by atoms with Gasteiger partial charge in [-0.2, -0.15) is 0 Å². The minimum absolute atomic E-state index is 0.0806. The second-order valence-electron chi connectivity index (χ2n) is 17.2. The van der Waals surface area contributed by atoms with Crippen LogP contribution in [0.1, 0.15) is 36.1 Å². The maximum atomic E-state index is 6.37. The fourth-order valence-electron chi connectivity index (χ4n) is 10.8. The number of rotatable bonds is 3. The van der Waals surface area contributed by atoms with Crippen molar-refractivity contribution in [2.45, 2.75) is 25.7 Å². The highest BCUT2D eigenvalue weighted by molar-refractivity contribution is 6.14. The van der Waals surface area contributed by atoms with Gasteiger partial charge in [0.2, 0.25) is 0 Å². The Morgan fingerprint density at radius 3 is 1.92 bits per heavy atom. The Labute approximate surface area is 348 Å². The van der Waals surface area contributed by atoms with Gasteiger partial charge in [-0.15, -0.1) is 0 Å². The number of aromatic nitrogens is 1. The number of furan rings is 1. The average molecular weight is 766 g/mol. The van der Waals surface area contributed by atoms with Crippen LogP contribution in [0.2, 0.25) is 0 Å². The Balaban J connectivity index is 0.997. The highest BCUT2D eigenvalue weighted by Gasteiger charge is 2.36. The third-order valence-corrected chi connectivity index (χ3v) is 13.7. The monoisotopic (exact) mass is 765 g/mol. The molecule has 0 unspecified atom stereocenters. The SMILES string of the molecule is CC1(C)c2ccccc2-c2cc3c4cc(-c5ccc6c(c5)-c5ccccc5-c5cccc(-c7cccc8oc9ccccc9c78)c5C6)ccc4n(-c4ccccc4)c3cc21. The number of fused-ring (bicyclic) bond motifs is 14. The van der Waals surface area contributed by atoms with Crippen molar-refractivity contribution in [1.82, 2.24) is 4.57 Å². The molecule has 0 aliphatic heterocycles. The van der Waals surface area contributed by atoms with Gasteiger partial charge in [-0.25, -0.2) is 0 Å². The van der Waals surface area contributed by atoms with E-state index in [1.54, 1.807) is 0 Å². The van der Waals surface area contributed by atoms with Crippen molar-refractivity contribution in [1.29, 1.82) is 0 Å². The molecule has 0 saturated carbocycles. The van der Waals surface area contributed by atoms with Crippen LogP contribution >= 0.6 is 0 Å². The summed E-state index contributed by atoms with van der Waals surface area (Å²) in [6.45, 7) is 4.74. The van der Waals surface area contributed by atoms with Crippen molar-refractivity contribution in [2.24, 2.45) is 0 Å².